The second-order valence-electron chi connectivity index (χ2n) is 5.77. The van der Waals surface area contributed by atoms with Crippen LogP contribution < -0.4 is 10.1 Å². The zero-order chi connectivity index (χ0) is 16.8. The number of nitrogens with one attached hydrogen (secondary N) is 1. The van der Waals surface area contributed by atoms with Crippen LogP contribution in [-0.4, -0.2) is 49.8 Å². The van der Waals surface area contributed by atoms with Gasteiger partial charge in [0.25, 0.3) is 5.91 Å². The number of likely N-dealkylation sites (N-methyl/N-ethyl adjacent to an activating group) is 1. The molecule has 0 aromatic heterocycles. The summed E-state index contributed by atoms with van der Waals surface area (Å²) in [7, 11) is 0. The molecule has 2 rings (SSSR count). The van der Waals surface area contributed by atoms with Gasteiger partial charge >= 0.3 is 0 Å². The monoisotopic (exact) mass is 434 g/mol. The van der Waals surface area contributed by atoms with Crippen molar-refractivity contribution in [3.63, 3.8) is 0 Å². The molecule has 128 valence electrons. The van der Waals surface area contributed by atoms with Crippen LogP contribution in [0, 0.1) is 10.5 Å². The summed E-state index contributed by atoms with van der Waals surface area (Å²) < 4.78 is 18.8. The highest BCUT2D eigenvalue weighted by atomic mass is 127. The maximum absolute atomic E-state index is 12.6. The number of rotatable bonds is 7. The fraction of sp³-hybridized carbons (Fsp3) is 0.588. The number of carbonyl (C=O) groups is 1. The number of amides is 1. The van der Waals surface area contributed by atoms with Gasteiger partial charge in [0.15, 0.2) is 0 Å². The summed E-state index contributed by atoms with van der Waals surface area (Å²) in [6, 6.07) is 4.13. The smallest absolute Gasteiger partial charge is 0.255 e. The Balaban J connectivity index is 2.08. The van der Waals surface area contributed by atoms with Gasteiger partial charge in [-0.15, -0.1) is 0 Å². The summed E-state index contributed by atoms with van der Waals surface area (Å²) in [6.45, 7) is 6.17. The molecule has 0 bridgehead atoms. The first-order chi connectivity index (χ1) is 11.1. The van der Waals surface area contributed by atoms with Crippen LogP contribution in [0.4, 0.5) is 4.39 Å². The Morgan fingerprint density at radius 1 is 1.52 bits per heavy atom. The number of nitrogens with zero attached hydrogens (tertiary/aromatic N) is 1. The van der Waals surface area contributed by atoms with Crippen molar-refractivity contribution in [2.75, 3.05) is 32.9 Å². The van der Waals surface area contributed by atoms with E-state index in [4.69, 9.17) is 4.74 Å². The van der Waals surface area contributed by atoms with Crippen LogP contribution in [0.25, 0.3) is 0 Å². The van der Waals surface area contributed by atoms with E-state index in [-0.39, 0.29) is 12.5 Å². The van der Waals surface area contributed by atoms with Crippen LogP contribution in [0.1, 0.15) is 35.7 Å². The van der Waals surface area contributed by atoms with Crippen molar-refractivity contribution in [1.82, 2.24) is 10.2 Å². The standard InChI is InChI=1S/C17H24FIN2O2/c1-3-21-7-4-5-14(21)11-20-17(22)15-10-13(19)9-12(2)16(15)23-8-6-18/h9-10,14H,3-8,11H2,1-2H3,(H,20,22)/t14-/m0/s1. The molecule has 1 fully saturated rings. The van der Waals surface area contributed by atoms with E-state index >= 15 is 0 Å². The van der Waals surface area contributed by atoms with Crippen molar-refractivity contribution >= 4 is 28.5 Å². The summed E-state index contributed by atoms with van der Waals surface area (Å²) in [5, 5.41) is 3.02. The predicted molar refractivity (Wildman–Crippen MR) is 98.0 cm³/mol. The lowest BCUT2D eigenvalue weighted by Crippen LogP contribution is -2.40. The number of aryl methyl sites for hydroxylation is 1. The lowest BCUT2D eigenvalue weighted by atomic mass is 10.1. The number of benzene rings is 1. The van der Waals surface area contributed by atoms with Crippen LogP contribution in [0.2, 0.25) is 0 Å². The van der Waals surface area contributed by atoms with Crippen molar-refractivity contribution in [1.29, 1.82) is 0 Å². The second-order valence-corrected chi connectivity index (χ2v) is 7.02. The van der Waals surface area contributed by atoms with Gasteiger partial charge in [-0.05, 0) is 73.1 Å². The molecule has 0 aliphatic carbocycles. The van der Waals surface area contributed by atoms with Gasteiger partial charge in [-0.3, -0.25) is 9.69 Å². The third kappa shape index (κ3) is 4.79. The molecule has 1 saturated heterocycles. The molecular weight excluding hydrogens is 410 g/mol. The minimum absolute atomic E-state index is 0.0338. The summed E-state index contributed by atoms with van der Waals surface area (Å²) >= 11 is 2.18. The molecule has 0 unspecified atom stereocenters. The van der Waals surface area contributed by atoms with Crippen molar-refractivity contribution in [3.05, 3.63) is 26.8 Å². The largest absolute Gasteiger partial charge is 0.490 e. The van der Waals surface area contributed by atoms with E-state index < -0.39 is 6.67 Å². The average Bonchev–Trinajstić information content (AvgIpc) is 2.98. The molecule has 6 heteroatoms. The van der Waals surface area contributed by atoms with Crippen LogP contribution in [0.5, 0.6) is 5.75 Å². The predicted octanol–water partition coefficient (Wildman–Crippen LogP) is 3.16. The van der Waals surface area contributed by atoms with Crippen molar-refractivity contribution in [2.45, 2.75) is 32.7 Å². The van der Waals surface area contributed by atoms with Crippen LogP contribution in [0.3, 0.4) is 0 Å². The van der Waals surface area contributed by atoms with Crippen molar-refractivity contribution in [2.24, 2.45) is 0 Å². The first kappa shape index (κ1) is 18.4. The number of hydrogen-bond donors (Lipinski definition) is 1. The Bertz CT molecular complexity index is 554. The van der Waals surface area contributed by atoms with E-state index in [1.807, 2.05) is 13.0 Å². The van der Waals surface area contributed by atoms with Crippen LogP contribution in [0.15, 0.2) is 12.1 Å². The van der Waals surface area contributed by atoms with Gasteiger partial charge in [0, 0.05) is 16.2 Å². The topological polar surface area (TPSA) is 41.6 Å². The van der Waals surface area contributed by atoms with Gasteiger partial charge in [0.1, 0.15) is 19.0 Å². The average molecular weight is 434 g/mol. The summed E-state index contributed by atoms with van der Waals surface area (Å²) in [6.07, 6.45) is 2.30. The SMILES string of the molecule is CCN1CCC[C@H]1CNC(=O)c1cc(I)cc(C)c1OCCF. The van der Waals surface area contributed by atoms with Crippen LogP contribution >= 0.6 is 22.6 Å². The van der Waals surface area contributed by atoms with Crippen molar-refractivity contribution < 1.29 is 13.9 Å². The lowest BCUT2D eigenvalue weighted by Gasteiger charge is -2.23. The summed E-state index contributed by atoms with van der Waals surface area (Å²) in [5.74, 6) is 0.336. The molecule has 1 aliphatic heterocycles. The van der Waals surface area contributed by atoms with E-state index in [2.05, 4.69) is 39.7 Å². The molecule has 1 amide bonds. The summed E-state index contributed by atoms with van der Waals surface area (Å²) in [5.41, 5.74) is 1.34. The van der Waals surface area contributed by atoms with Gasteiger partial charge in [0.2, 0.25) is 0 Å². The number of carbonyl (C=O) groups excluding carboxylic acids is 1. The molecule has 1 heterocycles. The number of ether oxygens (including phenoxy) is 1. The quantitative estimate of drug-likeness (QED) is 0.671. The first-order valence-corrected chi connectivity index (χ1v) is 9.15. The highest BCUT2D eigenvalue weighted by Gasteiger charge is 2.24. The zero-order valence-corrected chi connectivity index (χ0v) is 15.9. The van der Waals surface area contributed by atoms with Crippen LogP contribution in [-0.2, 0) is 0 Å². The Morgan fingerprint density at radius 2 is 2.30 bits per heavy atom. The van der Waals surface area contributed by atoms with E-state index in [0.29, 0.717) is 23.9 Å². The van der Waals surface area contributed by atoms with Gasteiger partial charge in [-0.2, -0.15) is 0 Å². The normalized spacial score (nSPS) is 18.2. The minimum Gasteiger partial charge on any atom is -0.490 e. The molecule has 1 aliphatic rings. The maximum Gasteiger partial charge on any atom is 0.255 e. The van der Waals surface area contributed by atoms with E-state index in [1.54, 1.807) is 6.07 Å². The Kier molecular flexibility index (Phi) is 7.08. The maximum atomic E-state index is 12.6. The van der Waals surface area contributed by atoms with Gasteiger partial charge in [-0.1, -0.05) is 6.92 Å². The highest BCUT2D eigenvalue weighted by molar-refractivity contribution is 14.1. The molecule has 1 atom stereocenters. The van der Waals surface area contributed by atoms with E-state index in [9.17, 15) is 9.18 Å². The molecule has 1 N–H and O–H groups in total. The zero-order valence-electron chi connectivity index (χ0n) is 13.7. The number of alkyl halides is 1. The molecule has 4 nitrogen and oxygen atoms in total. The Labute approximate surface area is 150 Å². The number of hydrogen-bond acceptors (Lipinski definition) is 3. The van der Waals surface area contributed by atoms with E-state index in [1.165, 1.54) is 6.42 Å². The fourth-order valence-corrected chi connectivity index (χ4v) is 3.86. The van der Waals surface area contributed by atoms with Gasteiger partial charge < -0.3 is 10.1 Å². The fourth-order valence-electron chi connectivity index (χ4n) is 3.08. The molecule has 23 heavy (non-hydrogen) atoms. The molecule has 0 radical (unpaired) electrons. The molecule has 0 spiro atoms. The Hall–Kier alpha value is -0.890. The second kappa shape index (κ2) is 8.82. The minimum atomic E-state index is -0.569. The summed E-state index contributed by atoms with van der Waals surface area (Å²) in [4.78, 5) is 15.0. The molecule has 1 aromatic carbocycles. The lowest BCUT2D eigenvalue weighted by molar-refractivity contribution is 0.0936. The molecule has 1 aromatic rings. The first-order valence-electron chi connectivity index (χ1n) is 8.08. The third-order valence-corrected chi connectivity index (χ3v) is 4.83. The van der Waals surface area contributed by atoms with E-state index in [0.717, 1.165) is 28.6 Å². The molecular formula is C17H24FIN2O2. The number of likely N-dealkylation sites (tertiary alicyclic amines) is 1. The highest BCUT2D eigenvalue weighted by Crippen LogP contribution is 2.26. The number of halogens is 2. The van der Waals surface area contributed by atoms with Gasteiger partial charge in [-0.25, -0.2) is 4.39 Å². The van der Waals surface area contributed by atoms with Crippen molar-refractivity contribution in [3.8, 4) is 5.75 Å². The Morgan fingerprint density at radius 3 is 3.00 bits per heavy atom. The third-order valence-electron chi connectivity index (χ3n) is 4.21. The van der Waals surface area contributed by atoms with Gasteiger partial charge in [0.05, 0.1) is 5.56 Å². The molecule has 0 saturated carbocycles.